The summed E-state index contributed by atoms with van der Waals surface area (Å²) in [5.74, 6) is -0.219. The summed E-state index contributed by atoms with van der Waals surface area (Å²) in [6, 6.07) is 12.6. The zero-order valence-corrected chi connectivity index (χ0v) is 14.9. The minimum absolute atomic E-state index is 0.394. The minimum Gasteiger partial charge on any atom is -0.496 e. The molecular formula is C18H17BrN2O3. The highest BCUT2D eigenvalue weighted by Crippen LogP contribution is 2.25. The van der Waals surface area contributed by atoms with Crippen molar-refractivity contribution in [1.29, 1.82) is 0 Å². The Bertz CT molecular complexity index is 770. The number of nitrogens with one attached hydrogen (secondary N) is 2. The van der Waals surface area contributed by atoms with Crippen LogP contribution in [0.2, 0.25) is 0 Å². The first-order chi connectivity index (χ1) is 11.5. The lowest BCUT2D eigenvalue weighted by Gasteiger charge is -2.07. The van der Waals surface area contributed by atoms with Crippen LogP contribution in [0.25, 0.3) is 6.08 Å². The first-order valence-corrected chi connectivity index (χ1v) is 7.97. The molecule has 5 nitrogen and oxygen atoms in total. The lowest BCUT2D eigenvalue weighted by Crippen LogP contribution is -2.40. The molecule has 0 aromatic heterocycles. The van der Waals surface area contributed by atoms with Crippen LogP contribution < -0.4 is 15.6 Å². The van der Waals surface area contributed by atoms with E-state index in [0.717, 1.165) is 11.1 Å². The Morgan fingerprint density at radius 3 is 2.42 bits per heavy atom. The average Bonchev–Trinajstić information content (AvgIpc) is 2.59. The van der Waals surface area contributed by atoms with Gasteiger partial charge in [-0.3, -0.25) is 20.4 Å². The van der Waals surface area contributed by atoms with Crippen molar-refractivity contribution in [3.8, 4) is 5.75 Å². The van der Waals surface area contributed by atoms with Crippen molar-refractivity contribution in [2.45, 2.75) is 6.92 Å². The highest BCUT2D eigenvalue weighted by atomic mass is 79.9. The maximum Gasteiger partial charge on any atom is 0.269 e. The molecule has 0 spiro atoms. The molecule has 0 heterocycles. The minimum atomic E-state index is -0.421. The van der Waals surface area contributed by atoms with Crippen LogP contribution in [0.5, 0.6) is 5.75 Å². The Hall–Kier alpha value is -2.60. The summed E-state index contributed by atoms with van der Waals surface area (Å²) < 4.78 is 5.76. The van der Waals surface area contributed by atoms with Gasteiger partial charge >= 0.3 is 0 Å². The summed E-state index contributed by atoms with van der Waals surface area (Å²) in [6.45, 7) is 1.99. The second kappa shape index (κ2) is 8.31. The molecular weight excluding hydrogens is 372 g/mol. The van der Waals surface area contributed by atoms with Crippen LogP contribution in [0, 0.1) is 6.92 Å². The second-order valence-electron chi connectivity index (χ2n) is 5.04. The summed E-state index contributed by atoms with van der Waals surface area (Å²) in [6.07, 6.45) is 3.03. The predicted molar refractivity (Wildman–Crippen MR) is 96.5 cm³/mol. The molecule has 2 amide bonds. The van der Waals surface area contributed by atoms with E-state index < -0.39 is 11.8 Å². The number of halogens is 1. The third-order valence-electron chi connectivity index (χ3n) is 3.22. The molecule has 0 radical (unpaired) electrons. The van der Waals surface area contributed by atoms with Crippen molar-refractivity contribution >= 4 is 33.8 Å². The van der Waals surface area contributed by atoms with E-state index in [-0.39, 0.29) is 0 Å². The van der Waals surface area contributed by atoms with E-state index >= 15 is 0 Å². The number of rotatable bonds is 4. The molecule has 24 heavy (non-hydrogen) atoms. The number of carbonyl (C=O) groups is 2. The maximum atomic E-state index is 12.0. The Kier molecular flexibility index (Phi) is 6.14. The number of ether oxygens (including phenoxy) is 1. The fraction of sp³-hybridized carbons (Fsp3) is 0.111. The molecule has 0 aliphatic carbocycles. The molecule has 0 saturated heterocycles. The molecule has 0 aliphatic heterocycles. The molecule has 2 N–H and O–H groups in total. The molecule has 0 bridgehead atoms. The predicted octanol–water partition coefficient (Wildman–Crippen LogP) is 3.24. The molecule has 0 aliphatic rings. The summed E-state index contributed by atoms with van der Waals surface area (Å²) in [5.41, 5.74) is 7.14. The average molecular weight is 389 g/mol. The van der Waals surface area contributed by atoms with Gasteiger partial charge in [-0.15, -0.1) is 0 Å². The van der Waals surface area contributed by atoms with E-state index in [1.807, 2.05) is 31.2 Å². The van der Waals surface area contributed by atoms with Crippen molar-refractivity contribution < 1.29 is 14.3 Å². The van der Waals surface area contributed by atoms with E-state index in [0.29, 0.717) is 15.8 Å². The van der Waals surface area contributed by atoms with Crippen LogP contribution in [-0.4, -0.2) is 18.9 Å². The number of hydrogen-bond donors (Lipinski definition) is 2. The van der Waals surface area contributed by atoms with Crippen molar-refractivity contribution in [3.63, 3.8) is 0 Å². The quantitative estimate of drug-likeness (QED) is 0.623. The van der Waals surface area contributed by atoms with Gasteiger partial charge in [-0.1, -0.05) is 29.8 Å². The number of aryl methyl sites for hydroxylation is 1. The van der Waals surface area contributed by atoms with Crippen LogP contribution >= 0.6 is 15.9 Å². The van der Waals surface area contributed by atoms with Gasteiger partial charge in [-0.25, -0.2) is 0 Å². The fourth-order valence-corrected chi connectivity index (χ4v) is 2.43. The number of amides is 2. The van der Waals surface area contributed by atoms with Gasteiger partial charge in [-0.2, -0.15) is 0 Å². The van der Waals surface area contributed by atoms with Crippen molar-refractivity contribution in [3.05, 3.63) is 69.7 Å². The van der Waals surface area contributed by atoms with Gasteiger partial charge in [0.25, 0.3) is 11.8 Å². The zero-order chi connectivity index (χ0) is 17.5. The SMILES string of the molecule is COc1ccc(C(=O)NNC(=O)C=Cc2ccc(C)cc2)cc1Br. The lowest BCUT2D eigenvalue weighted by molar-refractivity contribution is -0.117. The molecule has 0 saturated carbocycles. The van der Waals surface area contributed by atoms with E-state index in [1.165, 1.54) is 6.08 Å². The van der Waals surface area contributed by atoms with E-state index in [1.54, 1.807) is 31.4 Å². The Balaban J connectivity index is 1.90. The summed E-state index contributed by atoms with van der Waals surface area (Å²) in [7, 11) is 1.54. The van der Waals surface area contributed by atoms with Gasteiger partial charge in [0, 0.05) is 11.6 Å². The van der Waals surface area contributed by atoms with Crippen molar-refractivity contribution in [2.75, 3.05) is 7.11 Å². The van der Waals surface area contributed by atoms with E-state index in [4.69, 9.17) is 4.74 Å². The number of benzene rings is 2. The van der Waals surface area contributed by atoms with Crippen LogP contribution in [0.1, 0.15) is 21.5 Å². The van der Waals surface area contributed by atoms with Gasteiger partial charge in [0.05, 0.1) is 11.6 Å². The lowest BCUT2D eigenvalue weighted by atomic mass is 10.1. The molecule has 2 rings (SSSR count). The Morgan fingerprint density at radius 2 is 1.79 bits per heavy atom. The topological polar surface area (TPSA) is 67.4 Å². The number of carbonyl (C=O) groups excluding carboxylic acids is 2. The van der Waals surface area contributed by atoms with Crippen molar-refractivity contribution in [1.82, 2.24) is 10.9 Å². The molecule has 0 atom stereocenters. The van der Waals surface area contributed by atoms with Gasteiger partial charge in [0.1, 0.15) is 5.75 Å². The van der Waals surface area contributed by atoms with E-state index in [2.05, 4.69) is 26.8 Å². The van der Waals surface area contributed by atoms with Gasteiger partial charge < -0.3 is 4.74 Å². The molecule has 0 unspecified atom stereocenters. The molecule has 124 valence electrons. The molecule has 6 heteroatoms. The smallest absolute Gasteiger partial charge is 0.269 e. The standard InChI is InChI=1S/C18H17BrN2O3/c1-12-3-5-13(6-4-12)7-10-17(22)20-21-18(23)14-8-9-16(24-2)15(19)11-14/h3-11H,1-2H3,(H,20,22)(H,21,23). The van der Waals surface area contributed by atoms with Crippen LogP contribution in [-0.2, 0) is 4.79 Å². The van der Waals surface area contributed by atoms with Crippen LogP contribution in [0.3, 0.4) is 0 Å². The first-order valence-electron chi connectivity index (χ1n) is 7.18. The largest absolute Gasteiger partial charge is 0.496 e. The van der Waals surface area contributed by atoms with Gasteiger partial charge in [-0.05, 0) is 52.7 Å². The summed E-state index contributed by atoms with van der Waals surface area (Å²) in [5, 5.41) is 0. The van der Waals surface area contributed by atoms with Crippen LogP contribution in [0.4, 0.5) is 0 Å². The highest BCUT2D eigenvalue weighted by molar-refractivity contribution is 9.10. The summed E-state index contributed by atoms with van der Waals surface area (Å²) in [4.78, 5) is 23.7. The summed E-state index contributed by atoms with van der Waals surface area (Å²) >= 11 is 3.31. The third-order valence-corrected chi connectivity index (χ3v) is 3.84. The molecule has 2 aromatic carbocycles. The monoisotopic (exact) mass is 388 g/mol. The Morgan fingerprint density at radius 1 is 1.08 bits per heavy atom. The van der Waals surface area contributed by atoms with E-state index in [9.17, 15) is 9.59 Å². The van der Waals surface area contributed by atoms with Crippen molar-refractivity contribution in [2.24, 2.45) is 0 Å². The zero-order valence-electron chi connectivity index (χ0n) is 13.3. The van der Waals surface area contributed by atoms with Gasteiger partial charge in [0.15, 0.2) is 0 Å². The normalized spacial score (nSPS) is 10.5. The number of methoxy groups -OCH3 is 1. The first kappa shape index (κ1) is 17.7. The number of hydrazine groups is 1. The van der Waals surface area contributed by atoms with Crippen LogP contribution in [0.15, 0.2) is 53.0 Å². The maximum absolute atomic E-state index is 12.0. The fourth-order valence-electron chi connectivity index (χ4n) is 1.89. The second-order valence-corrected chi connectivity index (χ2v) is 5.89. The number of hydrogen-bond acceptors (Lipinski definition) is 3. The van der Waals surface area contributed by atoms with Gasteiger partial charge in [0.2, 0.25) is 0 Å². The highest BCUT2D eigenvalue weighted by Gasteiger charge is 2.09. The Labute approximate surface area is 148 Å². The molecule has 2 aromatic rings. The molecule has 0 fully saturated rings. The third kappa shape index (κ3) is 4.96.